The summed E-state index contributed by atoms with van der Waals surface area (Å²) < 4.78 is 4.60. The first-order valence-corrected chi connectivity index (χ1v) is 8.29. The number of halogens is 1. The van der Waals surface area contributed by atoms with Crippen molar-refractivity contribution in [2.24, 2.45) is 0 Å². The van der Waals surface area contributed by atoms with Crippen molar-refractivity contribution in [1.29, 1.82) is 0 Å². The standard InChI is InChI=1S/C16H29ClO3/c1-20-16(19)14-12-10-8-6-4-2-3-5-7-9-11-13-15(17)18/h2-14H2,1H3. The van der Waals surface area contributed by atoms with Crippen molar-refractivity contribution in [3.8, 4) is 0 Å². The highest BCUT2D eigenvalue weighted by Crippen LogP contribution is 2.12. The maximum Gasteiger partial charge on any atom is 0.305 e. The Balaban J connectivity index is 3.03. The summed E-state index contributed by atoms with van der Waals surface area (Å²) in [5.41, 5.74) is 0. The molecule has 0 aliphatic carbocycles. The predicted octanol–water partition coefficient (Wildman–Crippen LogP) is 5.00. The molecule has 0 fully saturated rings. The number of esters is 1. The molecule has 0 heterocycles. The van der Waals surface area contributed by atoms with E-state index in [2.05, 4.69) is 4.74 Å². The predicted molar refractivity (Wildman–Crippen MR) is 82.9 cm³/mol. The van der Waals surface area contributed by atoms with Gasteiger partial charge in [-0.2, -0.15) is 0 Å². The second-order valence-electron chi connectivity index (χ2n) is 5.32. The van der Waals surface area contributed by atoms with Crippen molar-refractivity contribution < 1.29 is 14.3 Å². The first-order chi connectivity index (χ1) is 9.66. The molecule has 0 N–H and O–H groups in total. The van der Waals surface area contributed by atoms with Gasteiger partial charge in [-0.1, -0.05) is 57.8 Å². The molecule has 0 aromatic carbocycles. The average Bonchev–Trinajstić information content (AvgIpc) is 2.43. The molecule has 3 nitrogen and oxygen atoms in total. The molecule has 0 aliphatic heterocycles. The molecule has 20 heavy (non-hydrogen) atoms. The summed E-state index contributed by atoms with van der Waals surface area (Å²) in [7, 11) is 1.44. The van der Waals surface area contributed by atoms with Gasteiger partial charge in [0.2, 0.25) is 5.24 Å². The number of rotatable bonds is 14. The molecule has 0 atom stereocenters. The van der Waals surface area contributed by atoms with Gasteiger partial charge in [0.15, 0.2) is 0 Å². The number of unbranched alkanes of at least 4 members (excludes halogenated alkanes) is 10. The molecular formula is C16H29ClO3. The van der Waals surface area contributed by atoms with Crippen LogP contribution in [0.3, 0.4) is 0 Å². The Bertz CT molecular complexity index is 254. The van der Waals surface area contributed by atoms with Crippen LogP contribution in [0.1, 0.15) is 83.5 Å². The second-order valence-corrected chi connectivity index (χ2v) is 5.74. The smallest absolute Gasteiger partial charge is 0.305 e. The fraction of sp³-hybridized carbons (Fsp3) is 0.875. The summed E-state index contributed by atoms with van der Waals surface area (Å²) in [5, 5.41) is -0.211. The molecule has 0 aromatic heterocycles. The van der Waals surface area contributed by atoms with E-state index in [1.807, 2.05) is 0 Å². The van der Waals surface area contributed by atoms with Gasteiger partial charge in [-0.3, -0.25) is 9.59 Å². The first-order valence-electron chi connectivity index (χ1n) is 7.92. The zero-order valence-corrected chi connectivity index (χ0v) is 13.6. The number of ether oxygens (including phenoxy) is 1. The zero-order chi connectivity index (χ0) is 15.1. The van der Waals surface area contributed by atoms with Crippen LogP contribution in [0, 0.1) is 0 Å². The van der Waals surface area contributed by atoms with Crippen molar-refractivity contribution in [3.05, 3.63) is 0 Å². The van der Waals surface area contributed by atoms with E-state index < -0.39 is 0 Å². The van der Waals surface area contributed by atoms with E-state index in [0.717, 1.165) is 25.7 Å². The molecule has 0 aromatic rings. The Hall–Kier alpha value is -0.570. The van der Waals surface area contributed by atoms with Crippen LogP contribution in [0.4, 0.5) is 0 Å². The molecule has 0 radical (unpaired) electrons. The molecule has 0 saturated carbocycles. The fourth-order valence-electron chi connectivity index (χ4n) is 2.23. The molecule has 0 amide bonds. The topological polar surface area (TPSA) is 43.4 Å². The molecule has 0 unspecified atom stereocenters. The largest absolute Gasteiger partial charge is 0.469 e. The SMILES string of the molecule is COC(=O)CCCCCCCCCCCCCC(=O)Cl. The van der Waals surface area contributed by atoms with Gasteiger partial charge in [0.1, 0.15) is 0 Å². The molecule has 0 rings (SSSR count). The first kappa shape index (κ1) is 19.4. The lowest BCUT2D eigenvalue weighted by molar-refractivity contribution is -0.140. The van der Waals surface area contributed by atoms with Crippen LogP contribution >= 0.6 is 11.6 Å². The van der Waals surface area contributed by atoms with Crippen molar-refractivity contribution in [2.45, 2.75) is 83.5 Å². The van der Waals surface area contributed by atoms with Crippen LogP contribution in [0.15, 0.2) is 0 Å². The third kappa shape index (κ3) is 15.5. The normalized spacial score (nSPS) is 10.5. The fourth-order valence-corrected chi connectivity index (χ4v) is 2.36. The maximum absolute atomic E-state index is 10.9. The van der Waals surface area contributed by atoms with Crippen LogP contribution in [-0.2, 0) is 14.3 Å². The quantitative estimate of drug-likeness (QED) is 0.258. The highest BCUT2D eigenvalue weighted by Gasteiger charge is 1.99. The lowest BCUT2D eigenvalue weighted by atomic mass is 10.0. The lowest BCUT2D eigenvalue weighted by Crippen LogP contribution is -1.99. The lowest BCUT2D eigenvalue weighted by Gasteiger charge is -2.02. The summed E-state index contributed by atoms with van der Waals surface area (Å²) in [4.78, 5) is 21.4. The number of methoxy groups -OCH3 is 1. The minimum atomic E-state index is -0.211. The molecule has 0 spiro atoms. The highest BCUT2D eigenvalue weighted by molar-refractivity contribution is 6.63. The number of hydrogen-bond donors (Lipinski definition) is 0. The number of carbonyl (C=O) groups excluding carboxylic acids is 2. The second kappa shape index (κ2) is 14.8. The van der Waals surface area contributed by atoms with E-state index in [1.54, 1.807) is 0 Å². The highest BCUT2D eigenvalue weighted by atomic mass is 35.5. The third-order valence-corrected chi connectivity index (χ3v) is 3.67. The van der Waals surface area contributed by atoms with Crippen molar-refractivity contribution >= 4 is 22.8 Å². The number of carbonyl (C=O) groups is 2. The minimum absolute atomic E-state index is 0.0964. The molecule has 0 aliphatic rings. The van der Waals surface area contributed by atoms with Gasteiger partial charge in [-0.15, -0.1) is 0 Å². The maximum atomic E-state index is 10.9. The molecule has 4 heteroatoms. The van der Waals surface area contributed by atoms with Crippen LogP contribution in [0.5, 0.6) is 0 Å². The van der Waals surface area contributed by atoms with E-state index in [0.29, 0.717) is 12.8 Å². The minimum Gasteiger partial charge on any atom is -0.469 e. The van der Waals surface area contributed by atoms with Gasteiger partial charge >= 0.3 is 5.97 Å². The van der Waals surface area contributed by atoms with Gasteiger partial charge in [-0.25, -0.2) is 0 Å². The Labute approximate surface area is 128 Å². The molecule has 0 saturated heterocycles. The van der Waals surface area contributed by atoms with Gasteiger partial charge in [0, 0.05) is 12.8 Å². The van der Waals surface area contributed by atoms with E-state index in [4.69, 9.17) is 11.6 Å². The van der Waals surface area contributed by atoms with Crippen LogP contribution in [-0.4, -0.2) is 18.3 Å². The third-order valence-electron chi connectivity index (χ3n) is 3.48. The van der Waals surface area contributed by atoms with Crippen LogP contribution < -0.4 is 0 Å². The summed E-state index contributed by atoms with van der Waals surface area (Å²) in [6.45, 7) is 0. The van der Waals surface area contributed by atoms with Gasteiger partial charge < -0.3 is 4.74 Å². The molecular weight excluding hydrogens is 276 g/mol. The van der Waals surface area contributed by atoms with E-state index in [1.165, 1.54) is 52.1 Å². The Morgan fingerprint density at radius 3 is 1.40 bits per heavy atom. The Morgan fingerprint density at radius 1 is 0.700 bits per heavy atom. The average molecular weight is 305 g/mol. The Kier molecular flexibility index (Phi) is 14.4. The van der Waals surface area contributed by atoms with Crippen LogP contribution in [0.25, 0.3) is 0 Å². The van der Waals surface area contributed by atoms with E-state index in [9.17, 15) is 9.59 Å². The van der Waals surface area contributed by atoms with E-state index in [-0.39, 0.29) is 11.2 Å². The van der Waals surface area contributed by atoms with Gasteiger partial charge in [-0.05, 0) is 24.4 Å². The summed E-state index contributed by atoms with van der Waals surface area (Å²) >= 11 is 5.27. The van der Waals surface area contributed by atoms with Gasteiger partial charge in [0.25, 0.3) is 0 Å². The number of hydrogen-bond acceptors (Lipinski definition) is 3. The van der Waals surface area contributed by atoms with E-state index >= 15 is 0 Å². The monoisotopic (exact) mass is 304 g/mol. The van der Waals surface area contributed by atoms with Crippen molar-refractivity contribution in [2.75, 3.05) is 7.11 Å². The van der Waals surface area contributed by atoms with Crippen LogP contribution in [0.2, 0.25) is 0 Å². The summed E-state index contributed by atoms with van der Waals surface area (Å²) in [5.74, 6) is -0.0964. The van der Waals surface area contributed by atoms with Gasteiger partial charge in [0.05, 0.1) is 7.11 Å². The molecule has 118 valence electrons. The zero-order valence-electron chi connectivity index (χ0n) is 12.8. The summed E-state index contributed by atoms with van der Waals surface area (Å²) in [6, 6.07) is 0. The summed E-state index contributed by atoms with van der Waals surface area (Å²) in [6.07, 6.45) is 14.0. The Morgan fingerprint density at radius 2 is 1.05 bits per heavy atom. The van der Waals surface area contributed by atoms with Crippen molar-refractivity contribution in [1.82, 2.24) is 0 Å². The van der Waals surface area contributed by atoms with Crippen molar-refractivity contribution in [3.63, 3.8) is 0 Å². The molecule has 0 bridgehead atoms.